The number of amides is 5. The fourth-order valence-corrected chi connectivity index (χ4v) is 3.24. The van der Waals surface area contributed by atoms with Crippen LogP contribution in [-0.2, 0) is 35.2 Å². The first kappa shape index (κ1) is 30.8. The average Bonchev–Trinajstić information content (AvgIpc) is 2.80. The number of carbonyl (C=O) groups excluding carboxylic acids is 5. The molecule has 14 heteroatoms. The van der Waals surface area contributed by atoms with E-state index in [-0.39, 0.29) is 25.0 Å². The molecule has 4 atom stereocenters. The molecule has 204 valence electrons. The second-order valence-corrected chi connectivity index (χ2v) is 8.84. The van der Waals surface area contributed by atoms with Crippen LogP contribution in [0, 0.1) is 5.92 Å². The van der Waals surface area contributed by atoms with Crippen molar-refractivity contribution in [2.75, 3.05) is 0 Å². The number of aromatic hydroxyl groups is 1. The first-order chi connectivity index (χ1) is 17.2. The normalized spacial score (nSPS) is 14.1. The fourth-order valence-electron chi connectivity index (χ4n) is 3.24. The molecular weight excluding hydrogens is 488 g/mol. The zero-order chi connectivity index (χ0) is 28.3. The van der Waals surface area contributed by atoms with E-state index in [0.717, 1.165) is 0 Å². The molecule has 0 aromatic heterocycles. The Balaban J connectivity index is 2.96. The zero-order valence-electron chi connectivity index (χ0n) is 20.6. The van der Waals surface area contributed by atoms with Crippen molar-refractivity contribution < 1.29 is 39.0 Å². The largest absolute Gasteiger partial charge is 0.508 e. The van der Waals surface area contributed by atoms with Crippen molar-refractivity contribution in [3.63, 3.8) is 0 Å². The Labute approximate surface area is 213 Å². The average molecular weight is 523 g/mol. The van der Waals surface area contributed by atoms with Gasteiger partial charge in [0.2, 0.25) is 29.5 Å². The van der Waals surface area contributed by atoms with Gasteiger partial charge in [-0.25, -0.2) is 4.79 Å². The van der Waals surface area contributed by atoms with E-state index in [1.54, 1.807) is 13.8 Å². The highest BCUT2D eigenvalue weighted by Gasteiger charge is 2.32. The summed E-state index contributed by atoms with van der Waals surface area (Å²) in [5, 5.41) is 26.0. The molecule has 0 radical (unpaired) electrons. The molecule has 0 aliphatic rings. The number of hydrogen-bond acceptors (Lipinski definition) is 8. The van der Waals surface area contributed by atoms with Gasteiger partial charge in [0.1, 0.15) is 23.9 Å². The predicted octanol–water partition coefficient (Wildman–Crippen LogP) is -2.40. The highest BCUT2D eigenvalue weighted by atomic mass is 16.4. The molecule has 0 aliphatic heterocycles. The van der Waals surface area contributed by atoms with Crippen LogP contribution in [0.2, 0.25) is 0 Å². The van der Waals surface area contributed by atoms with Gasteiger partial charge in [-0.05, 0) is 30.0 Å². The number of carbonyl (C=O) groups is 6. The second-order valence-electron chi connectivity index (χ2n) is 8.84. The molecule has 14 nitrogen and oxygen atoms in total. The van der Waals surface area contributed by atoms with Gasteiger partial charge < -0.3 is 43.4 Å². The van der Waals surface area contributed by atoms with E-state index in [2.05, 4.69) is 16.0 Å². The highest BCUT2D eigenvalue weighted by Crippen LogP contribution is 2.12. The van der Waals surface area contributed by atoms with Crippen LogP contribution in [0.25, 0.3) is 0 Å². The number of rotatable bonds is 15. The fraction of sp³-hybridized carbons (Fsp3) is 0.478. The number of hydrogen-bond donors (Lipinski definition) is 8. The van der Waals surface area contributed by atoms with E-state index in [0.29, 0.717) is 5.56 Å². The number of aliphatic carboxylic acids is 1. The molecular formula is C23H34N6O8. The van der Waals surface area contributed by atoms with Gasteiger partial charge in [0.25, 0.3) is 0 Å². The number of phenols is 1. The molecule has 1 aromatic carbocycles. The maximum atomic E-state index is 12.9. The number of nitrogens with one attached hydrogen (secondary N) is 3. The van der Waals surface area contributed by atoms with Crippen molar-refractivity contribution in [3.05, 3.63) is 29.8 Å². The Hall–Kier alpha value is -4.20. The molecule has 0 fully saturated rings. The first-order valence-electron chi connectivity index (χ1n) is 11.4. The summed E-state index contributed by atoms with van der Waals surface area (Å²) in [6.07, 6.45) is -0.971. The van der Waals surface area contributed by atoms with Crippen LogP contribution in [0.15, 0.2) is 24.3 Å². The molecule has 1 rings (SSSR count). The van der Waals surface area contributed by atoms with E-state index >= 15 is 0 Å². The van der Waals surface area contributed by atoms with Crippen molar-refractivity contribution in [1.82, 2.24) is 16.0 Å². The summed E-state index contributed by atoms with van der Waals surface area (Å²) < 4.78 is 0. The molecule has 0 spiro atoms. The van der Waals surface area contributed by atoms with E-state index in [1.807, 2.05) is 0 Å². The molecule has 0 saturated carbocycles. The summed E-state index contributed by atoms with van der Waals surface area (Å²) in [6.45, 7) is 3.20. The number of benzene rings is 1. The lowest BCUT2D eigenvalue weighted by atomic mass is 10.0. The van der Waals surface area contributed by atoms with Crippen LogP contribution in [-0.4, -0.2) is 69.9 Å². The van der Waals surface area contributed by atoms with Gasteiger partial charge in [0.05, 0.1) is 12.5 Å². The van der Waals surface area contributed by atoms with Crippen LogP contribution < -0.4 is 33.2 Å². The number of primary amides is 2. The van der Waals surface area contributed by atoms with E-state index < -0.39 is 72.0 Å². The topological polar surface area (TPSA) is 257 Å². The standard InChI is InChI=1S/C23H34N6O8/c1-11(2)19(22(35)28-16(23(36)37)9-12-3-5-13(30)6-4-12)29-21(34)15(10-18(26)32)27-20(33)14(24)7-8-17(25)31/h3-6,11,14-16,19,30H,7-10,24H2,1-2H3,(H2,25,31)(H2,26,32)(H,27,33)(H,28,35)(H,29,34)(H,36,37). The van der Waals surface area contributed by atoms with Crippen molar-refractivity contribution in [2.24, 2.45) is 23.1 Å². The third kappa shape index (κ3) is 10.9. The Morgan fingerprint density at radius 2 is 1.41 bits per heavy atom. The van der Waals surface area contributed by atoms with Gasteiger partial charge in [0, 0.05) is 12.8 Å². The van der Waals surface area contributed by atoms with Gasteiger partial charge in [-0.1, -0.05) is 26.0 Å². The summed E-state index contributed by atoms with van der Waals surface area (Å²) in [6, 6.07) is 0.501. The Morgan fingerprint density at radius 3 is 1.89 bits per heavy atom. The number of nitrogens with two attached hydrogens (primary N) is 3. The third-order valence-electron chi connectivity index (χ3n) is 5.31. The zero-order valence-corrected chi connectivity index (χ0v) is 20.6. The Bertz CT molecular complexity index is 997. The molecule has 5 amide bonds. The van der Waals surface area contributed by atoms with Crippen molar-refractivity contribution in [1.29, 1.82) is 0 Å². The molecule has 0 bridgehead atoms. The quantitative estimate of drug-likeness (QED) is 0.122. The van der Waals surface area contributed by atoms with Crippen molar-refractivity contribution >= 4 is 35.5 Å². The summed E-state index contributed by atoms with van der Waals surface area (Å²) in [4.78, 5) is 72.3. The molecule has 11 N–H and O–H groups in total. The van der Waals surface area contributed by atoms with Gasteiger partial charge >= 0.3 is 5.97 Å². The van der Waals surface area contributed by atoms with E-state index in [9.17, 15) is 39.0 Å². The van der Waals surface area contributed by atoms with Crippen LogP contribution in [0.4, 0.5) is 0 Å². The van der Waals surface area contributed by atoms with Crippen LogP contribution in [0.5, 0.6) is 5.75 Å². The summed E-state index contributed by atoms with van der Waals surface area (Å²) in [5.74, 6) is -6.01. The highest BCUT2D eigenvalue weighted by molar-refractivity contribution is 5.96. The number of phenolic OH excluding ortho intramolecular Hbond substituents is 1. The Morgan fingerprint density at radius 1 is 0.838 bits per heavy atom. The lowest BCUT2D eigenvalue weighted by molar-refractivity contribution is -0.142. The van der Waals surface area contributed by atoms with Gasteiger partial charge in [0.15, 0.2) is 0 Å². The van der Waals surface area contributed by atoms with Gasteiger partial charge in [-0.15, -0.1) is 0 Å². The maximum Gasteiger partial charge on any atom is 0.326 e. The van der Waals surface area contributed by atoms with Gasteiger partial charge in [-0.2, -0.15) is 0 Å². The van der Waals surface area contributed by atoms with E-state index in [4.69, 9.17) is 17.2 Å². The molecule has 1 aromatic rings. The monoisotopic (exact) mass is 522 g/mol. The lowest BCUT2D eigenvalue weighted by Gasteiger charge is -2.26. The number of carboxylic acid groups (broad SMARTS) is 1. The van der Waals surface area contributed by atoms with Crippen LogP contribution in [0.1, 0.15) is 38.7 Å². The van der Waals surface area contributed by atoms with Crippen LogP contribution in [0.3, 0.4) is 0 Å². The van der Waals surface area contributed by atoms with Crippen LogP contribution >= 0.6 is 0 Å². The van der Waals surface area contributed by atoms with Crippen molar-refractivity contribution in [2.45, 2.75) is 63.7 Å². The maximum absolute atomic E-state index is 12.9. The lowest BCUT2D eigenvalue weighted by Crippen LogP contribution is -2.59. The second kappa shape index (κ2) is 14.4. The third-order valence-corrected chi connectivity index (χ3v) is 5.31. The molecule has 0 heterocycles. The predicted molar refractivity (Wildman–Crippen MR) is 130 cm³/mol. The molecule has 0 aliphatic carbocycles. The summed E-state index contributed by atoms with van der Waals surface area (Å²) >= 11 is 0. The SMILES string of the molecule is CC(C)C(NC(=O)C(CC(N)=O)NC(=O)C(N)CCC(N)=O)C(=O)NC(Cc1ccc(O)cc1)C(=O)O. The van der Waals surface area contributed by atoms with Crippen molar-refractivity contribution in [3.8, 4) is 5.75 Å². The first-order valence-corrected chi connectivity index (χ1v) is 11.4. The summed E-state index contributed by atoms with van der Waals surface area (Å²) in [7, 11) is 0. The Kier molecular flexibility index (Phi) is 12.0. The number of carboxylic acids is 1. The van der Waals surface area contributed by atoms with Gasteiger partial charge in [-0.3, -0.25) is 24.0 Å². The van der Waals surface area contributed by atoms with E-state index in [1.165, 1.54) is 24.3 Å². The molecule has 37 heavy (non-hydrogen) atoms. The minimum atomic E-state index is -1.48. The smallest absolute Gasteiger partial charge is 0.326 e. The molecule has 0 saturated heterocycles. The molecule has 4 unspecified atom stereocenters. The summed E-state index contributed by atoms with van der Waals surface area (Å²) in [5.41, 5.74) is 16.5. The minimum Gasteiger partial charge on any atom is -0.508 e. The minimum absolute atomic E-state index is 0.00586.